The van der Waals surface area contributed by atoms with E-state index in [9.17, 15) is 19.8 Å². The van der Waals surface area contributed by atoms with Gasteiger partial charge < -0.3 is 20.3 Å². The highest BCUT2D eigenvalue weighted by atomic mass is 16.5. The average molecular weight is 959 g/mol. The molecular formula is C62H119NO5. The minimum Gasteiger partial charge on any atom is -0.466 e. The fourth-order valence-electron chi connectivity index (χ4n) is 9.51. The van der Waals surface area contributed by atoms with Gasteiger partial charge in [0.15, 0.2) is 0 Å². The molecule has 6 heteroatoms. The Morgan fingerprint density at radius 3 is 1.04 bits per heavy atom. The van der Waals surface area contributed by atoms with Crippen molar-refractivity contribution in [1.82, 2.24) is 5.32 Å². The Kier molecular flexibility index (Phi) is 56.5. The van der Waals surface area contributed by atoms with Gasteiger partial charge >= 0.3 is 5.97 Å². The van der Waals surface area contributed by atoms with E-state index in [-0.39, 0.29) is 18.5 Å². The number of nitrogens with one attached hydrogen (secondary N) is 1. The van der Waals surface area contributed by atoms with E-state index in [0.29, 0.717) is 19.4 Å². The summed E-state index contributed by atoms with van der Waals surface area (Å²) in [5, 5.41) is 23.0. The molecule has 0 aromatic carbocycles. The van der Waals surface area contributed by atoms with Gasteiger partial charge in [-0.15, -0.1) is 0 Å². The molecule has 0 aliphatic rings. The number of hydrogen-bond donors (Lipinski definition) is 3. The highest BCUT2D eigenvalue weighted by Crippen LogP contribution is 2.17. The number of allylic oxidation sites excluding steroid dienone is 3. The summed E-state index contributed by atoms with van der Waals surface area (Å²) in [4.78, 5) is 24.4. The third kappa shape index (κ3) is 53.7. The first-order valence-corrected chi connectivity index (χ1v) is 30.6. The molecule has 0 radical (unpaired) electrons. The zero-order chi connectivity index (χ0) is 49.3. The van der Waals surface area contributed by atoms with Crippen molar-refractivity contribution in [1.29, 1.82) is 0 Å². The topological polar surface area (TPSA) is 95.9 Å². The third-order valence-electron chi connectivity index (χ3n) is 14.2. The summed E-state index contributed by atoms with van der Waals surface area (Å²) in [6.45, 7) is 4.91. The number of unbranched alkanes of at least 4 members (excludes halogenated alkanes) is 44. The van der Waals surface area contributed by atoms with Gasteiger partial charge in [-0.1, -0.05) is 289 Å². The molecule has 0 aromatic rings. The van der Waals surface area contributed by atoms with Crippen LogP contribution in [-0.4, -0.2) is 47.4 Å². The predicted octanol–water partition coefficient (Wildman–Crippen LogP) is 19.0. The van der Waals surface area contributed by atoms with Gasteiger partial charge in [0.1, 0.15) is 0 Å². The molecule has 0 fully saturated rings. The van der Waals surface area contributed by atoms with Crippen molar-refractivity contribution < 1.29 is 24.5 Å². The molecule has 68 heavy (non-hydrogen) atoms. The Morgan fingerprint density at radius 1 is 0.397 bits per heavy atom. The molecule has 0 rings (SSSR count). The van der Waals surface area contributed by atoms with Gasteiger partial charge in [0, 0.05) is 12.8 Å². The van der Waals surface area contributed by atoms with E-state index in [4.69, 9.17) is 4.74 Å². The highest BCUT2D eigenvalue weighted by molar-refractivity contribution is 5.76. The van der Waals surface area contributed by atoms with Crippen LogP contribution in [0.3, 0.4) is 0 Å². The van der Waals surface area contributed by atoms with Crippen LogP contribution < -0.4 is 5.32 Å². The van der Waals surface area contributed by atoms with Gasteiger partial charge in [-0.05, 0) is 57.8 Å². The van der Waals surface area contributed by atoms with Crippen LogP contribution in [0.5, 0.6) is 0 Å². The fourth-order valence-corrected chi connectivity index (χ4v) is 9.51. The molecule has 402 valence electrons. The van der Waals surface area contributed by atoms with Gasteiger partial charge in [0.2, 0.25) is 5.91 Å². The lowest BCUT2D eigenvalue weighted by Gasteiger charge is -2.20. The van der Waals surface area contributed by atoms with E-state index < -0.39 is 12.1 Å². The predicted molar refractivity (Wildman–Crippen MR) is 296 cm³/mol. The van der Waals surface area contributed by atoms with Crippen molar-refractivity contribution in [2.75, 3.05) is 13.2 Å². The Balaban J connectivity index is 3.38. The first kappa shape index (κ1) is 66.3. The van der Waals surface area contributed by atoms with Crippen molar-refractivity contribution in [3.8, 4) is 0 Å². The maximum atomic E-state index is 12.4. The monoisotopic (exact) mass is 958 g/mol. The quantitative estimate of drug-likeness (QED) is 0.0321. The van der Waals surface area contributed by atoms with Gasteiger partial charge in [-0.2, -0.15) is 0 Å². The lowest BCUT2D eigenvalue weighted by atomic mass is 10.0. The Morgan fingerprint density at radius 2 is 0.691 bits per heavy atom. The maximum Gasteiger partial charge on any atom is 0.305 e. The number of rotatable bonds is 57. The summed E-state index contributed by atoms with van der Waals surface area (Å²) in [7, 11) is 0. The standard InChI is InChI=1S/C62H119NO5/c1-3-5-7-9-11-13-15-35-38-42-46-50-54-60(65)59(58-64)63-61(66)55-51-47-43-39-36-32-30-28-26-24-22-20-18-16-17-19-21-23-25-27-29-31-33-37-41-45-49-53-57-68-62(67)56-52-48-44-40-34-14-12-10-8-6-4-2/h16-17,50,54,59-60,64-65H,3-15,18-49,51-53,55-58H2,1-2H3,(H,63,66)/b17-16-,54-50+. The fraction of sp³-hybridized carbons (Fsp3) is 0.903. The zero-order valence-electron chi connectivity index (χ0n) is 45.9. The molecule has 1 amide bonds. The lowest BCUT2D eigenvalue weighted by molar-refractivity contribution is -0.143. The van der Waals surface area contributed by atoms with Crippen LogP contribution in [-0.2, 0) is 14.3 Å². The summed E-state index contributed by atoms with van der Waals surface area (Å²) in [6.07, 6.45) is 70.8. The molecule has 0 aliphatic carbocycles. The Hall–Kier alpha value is -1.66. The Labute approximate surface area is 424 Å². The van der Waals surface area contributed by atoms with Gasteiger partial charge in [0.05, 0.1) is 25.4 Å². The molecule has 3 N–H and O–H groups in total. The molecule has 0 heterocycles. The number of hydrogen-bond acceptors (Lipinski definition) is 5. The van der Waals surface area contributed by atoms with E-state index in [1.807, 2.05) is 6.08 Å². The van der Waals surface area contributed by atoms with Crippen molar-refractivity contribution >= 4 is 11.9 Å². The minimum atomic E-state index is -0.842. The summed E-state index contributed by atoms with van der Waals surface area (Å²) >= 11 is 0. The molecule has 0 aromatic heterocycles. The molecule has 0 aliphatic heterocycles. The summed E-state index contributed by atoms with van der Waals surface area (Å²) < 4.78 is 5.47. The van der Waals surface area contributed by atoms with Gasteiger partial charge in [-0.25, -0.2) is 0 Å². The van der Waals surface area contributed by atoms with Crippen molar-refractivity contribution in [2.45, 2.75) is 347 Å². The molecule has 2 unspecified atom stereocenters. The molecule has 0 bridgehead atoms. The Bertz CT molecular complexity index is 1060. The molecular weight excluding hydrogens is 839 g/mol. The number of aliphatic hydroxyl groups excluding tert-OH is 2. The van der Waals surface area contributed by atoms with Crippen LogP contribution in [0.25, 0.3) is 0 Å². The summed E-state index contributed by atoms with van der Waals surface area (Å²) in [5.74, 6) is -0.0524. The number of ether oxygens (including phenoxy) is 1. The average Bonchev–Trinajstić information content (AvgIpc) is 3.34. The number of aliphatic hydroxyl groups is 2. The zero-order valence-corrected chi connectivity index (χ0v) is 45.9. The van der Waals surface area contributed by atoms with E-state index in [0.717, 1.165) is 38.5 Å². The molecule has 2 atom stereocenters. The second-order valence-electron chi connectivity index (χ2n) is 21.0. The number of amides is 1. The smallest absolute Gasteiger partial charge is 0.305 e. The van der Waals surface area contributed by atoms with E-state index in [2.05, 4.69) is 31.3 Å². The van der Waals surface area contributed by atoms with Crippen LogP contribution in [0.4, 0.5) is 0 Å². The minimum absolute atomic E-state index is 0.0152. The first-order valence-electron chi connectivity index (χ1n) is 30.6. The van der Waals surface area contributed by atoms with Crippen LogP contribution in [0.1, 0.15) is 335 Å². The van der Waals surface area contributed by atoms with Crippen molar-refractivity contribution in [3.63, 3.8) is 0 Å². The number of carbonyl (C=O) groups excluding carboxylic acids is 2. The largest absolute Gasteiger partial charge is 0.466 e. The maximum absolute atomic E-state index is 12.4. The molecule has 0 saturated heterocycles. The van der Waals surface area contributed by atoms with E-state index in [1.165, 1.54) is 270 Å². The second-order valence-corrected chi connectivity index (χ2v) is 21.0. The first-order chi connectivity index (χ1) is 33.5. The van der Waals surface area contributed by atoms with Gasteiger partial charge in [-0.3, -0.25) is 9.59 Å². The van der Waals surface area contributed by atoms with Crippen molar-refractivity contribution in [3.05, 3.63) is 24.3 Å². The lowest BCUT2D eigenvalue weighted by Crippen LogP contribution is -2.45. The normalized spacial score (nSPS) is 12.7. The van der Waals surface area contributed by atoms with Crippen molar-refractivity contribution in [2.24, 2.45) is 0 Å². The van der Waals surface area contributed by atoms with Crippen LogP contribution in [0.15, 0.2) is 24.3 Å². The second kappa shape index (κ2) is 57.9. The molecule has 6 nitrogen and oxygen atoms in total. The molecule has 0 spiro atoms. The number of esters is 1. The van der Waals surface area contributed by atoms with Crippen LogP contribution >= 0.6 is 0 Å². The van der Waals surface area contributed by atoms with Gasteiger partial charge in [0.25, 0.3) is 0 Å². The highest BCUT2D eigenvalue weighted by Gasteiger charge is 2.18. The van der Waals surface area contributed by atoms with Crippen LogP contribution in [0, 0.1) is 0 Å². The SMILES string of the molecule is CCCCCCCCCCCC/C=C/C(O)C(CO)NC(=O)CCCCCCCCCCCCCC/C=C\CCCCCCCCCCCCCCOC(=O)CCCCCCCCCCCCC. The van der Waals surface area contributed by atoms with E-state index in [1.54, 1.807) is 6.08 Å². The summed E-state index contributed by atoms with van der Waals surface area (Å²) in [6, 6.07) is -0.626. The summed E-state index contributed by atoms with van der Waals surface area (Å²) in [5.41, 5.74) is 0. The van der Waals surface area contributed by atoms with E-state index >= 15 is 0 Å². The van der Waals surface area contributed by atoms with Crippen LogP contribution in [0.2, 0.25) is 0 Å². The number of carbonyl (C=O) groups is 2. The third-order valence-corrected chi connectivity index (χ3v) is 14.2. The molecule has 0 saturated carbocycles.